The number of esters is 1. The molecule has 36 heavy (non-hydrogen) atoms. The maximum absolute atomic E-state index is 13.9. The zero-order valence-electron chi connectivity index (χ0n) is 20.5. The van der Waals surface area contributed by atoms with E-state index in [2.05, 4.69) is 21.3 Å². The van der Waals surface area contributed by atoms with Crippen LogP contribution in [0.5, 0.6) is 0 Å². The van der Waals surface area contributed by atoms with Crippen molar-refractivity contribution in [3.63, 3.8) is 0 Å². The summed E-state index contributed by atoms with van der Waals surface area (Å²) in [5.41, 5.74) is -0.497. The number of rotatable bonds is 10. The summed E-state index contributed by atoms with van der Waals surface area (Å²) in [5, 5.41) is 11.4. The number of benzene rings is 2. The summed E-state index contributed by atoms with van der Waals surface area (Å²) in [6.07, 6.45) is 4.73. The van der Waals surface area contributed by atoms with E-state index in [1.54, 1.807) is 30.3 Å². The number of ether oxygens (including phenoxy) is 1. The number of carbonyl (C=O) groups is 1. The molecular weight excluding hydrogens is 530 g/mol. The Balaban J connectivity index is 0.00000361. The lowest BCUT2D eigenvalue weighted by atomic mass is 9.80. The number of aliphatic hydroxyl groups is 1. The van der Waals surface area contributed by atoms with Gasteiger partial charge in [-0.05, 0) is 17.5 Å². The zero-order valence-corrected chi connectivity index (χ0v) is 22.0. The lowest BCUT2D eigenvalue weighted by Crippen LogP contribution is -3.00. The Morgan fingerprint density at radius 3 is 2.47 bits per heavy atom. The van der Waals surface area contributed by atoms with Gasteiger partial charge < -0.3 is 26.8 Å². The van der Waals surface area contributed by atoms with E-state index in [1.807, 2.05) is 37.5 Å². The smallest absolute Gasteiger partial charge is 0.343 e. The third-order valence-corrected chi connectivity index (χ3v) is 7.04. The standard InChI is InChI=1S/C28H33F2N2O3.BrH/c1-22-31(18-19-32(22)17-14-23-9-4-2-5-10-23)16-8-20-35-26(33)28(34,24-11-6-3-7-12-24)25-13-15-27(29,30)21-25;/h2-7,9-12,18-19,25,34H,8,13-17,20-21H2,1H3;1H/q+1;/p-1/t25-,28+;/m1./s1. The summed E-state index contributed by atoms with van der Waals surface area (Å²) in [5.74, 6) is -3.52. The number of halogens is 3. The van der Waals surface area contributed by atoms with Gasteiger partial charge in [-0.1, -0.05) is 60.7 Å². The van der Waals surface area contributed by atoms with Crippen molar-refractivity contribution in [1.29, 1.82) is 0 Å². The Morgan fingerprint density at radius 2 is 1.83 bits per heavy atom. The van der Waals surface area contributed by atoms with E-state index in [0.717, 1.165) is 18.8 Å². The lowest BCUT2D eigenvalue weighted by molar-refractivity contribution is -0.702. The Morgan fingerprint density at radius 1 is 1.17 bits per heavy atom. The predicted molar refractivity (Wildman–Crippen MR) is 128 cm³/mol. The van der Waals surface area contributed by atoms with Crippen molar-refractivity contribution in [2.75, 3.05) is 6.61 Å². The fourth-order valence-electron chi connectivity index (χ4n) is 4.94. The van der Waals surface area contributed by atoms with Crippen LogP contribution in [0.15, 0.2) is 73.1 Å². The van der Waals surface area contributed by atoms with Gasteiger partial charge in [-0.15, -0.1) is 0 Å². The molecule has 0 radical (unpaired) electrons. The van der Waals surface area contributed by atoms with Gasteiger partial charge in [0.05, 0.1) is 19.7 Å². The Kier molecular flexibility index (Phi) is 9.41. The number of nitrogens with zero attached hydrogens (tertiary/aromatic N) is 2. The quantitative estimate of drug-likeness (QED) is 0.232. The highest BCUT2D eigenvalue weighted by molar-refractivity contribution is 5.81. The first-order chi connectivity index (χ1) is 16.8. The number of hydrogen-bond donors (Lipinski definition) is 1. The molecule has 1 saturated carbocycles. The van der Waals surface area contributed by atoms with Crippen LogP contribution in [0.25, 0.3) is 0 Å². The minimum atomic E-state index is -2.88. The van der Waals surface area contributed by atoms with E-state index in [4.69, 9.17) is 4.74 Å². The second kappa shape index (κ2) is 12.1. The van der Waals surface area contributed by atoms with E-state index in [0.29, 0.717) is 18.5 Å². The van der Waals surface area contributed by atoms with Crippen molar-refractivity contribution < 1.29 is 45.0 Å². The largest absolute Gasteiger partial charge is 1.00 e. The van der Waals surface area contributed by atoms with Crippen molar-refractivity contribution in [2.45, 2.75) is 63.6 Å². The van der Waals surface area contributed by atoms with Crippen molar-refractivity contribution in [3.8, 4) is 0 Å². The summed E-state index contributed by atoms with van der Waals surface area (Å²) >= 11 is 0. The Bertz CT molecular complexity index is 1120. The highest BCUT2D eigenvalue weighted by atomic mass is 79.9. The fourth-order valence-corrected chi connectivity index (χ4v) is 4.94. The van der Waals surface area contributed by atoms with Crippen LogP contribution in [-0.4, -0.2) is 28.2 Å². The summed E-state index contributed by atoms with van der Waals surface area (Å²) in [4.78, 5) is 13.0. The van der Waals surface area contributed by atoms with Crippen LogP contribution in [-0.2, 0) is 34.6 Å². The molecule has 8 heteroatoms. The topological polar surface area (TPSA) is 55.3 Å². The lowest BCUT2D eigenvalue weighted by Gasteiger charge is -2.32. The molecule has 5 nitrogen and oxygen atoms in total. The van der Waals surface area contributed by atoms with E-state index >= 15 is 0 Å². The zero-order chi connectivity index (χ0) is 24.9. The van der Waals surface area contributed by atoms with Crippen LogP contribution < -0.4 is 21.5 Å². The average Bonchev–Trinajstić information content (AvgIpc) is 3.42. The molecule has 1 aliphatic carbocycles. The number of imidazole rings is 1. The molecule has 0 saturated heterocycles. The SMILES string of the molecule is Cc1n(CCc2ccccc2)cc[n+]1CCCOC(=O)[C@](O)(c1ccccc1)[C@@H]1CCC(F)(F)C1.[Br-]. The predicted octanol–water partition coefficient (Wildman–Crippen LogP) is 1.59. The molecule has 3 aromatic rings. The van der Waals surface area contributed by atoms with Crippen LogP contribution in [0.4, 0.5) is 8.78 Å². The van der Waals surface area contributed by atoms with Gasteiger partial charge >= 0.3 is 5.97 Å². The average molecular weight is 563 g/mol. The molecule has 1 fully saturated rings. The van der Waals surface area contributed by atoms with E-state index in [1.165, 1.54) is 5.56 Å². The van der Waals surface area contributed by atoms with Gasteiger partial charge in [0.15, 0.2) is 5.60 Å². The van der Waals surface area contributed by atoms with Gasteiger partial charge in [-0.25, -0.2) is 22.7 Å². The molecule has 1 aromatic heterocycles. The first-order valence-corrected chi connectivity index (χ1v) is 12.2. The Labute approximate surface area is 221 Å². The molecule has 4 rings (SSSR count). The molecule has 0 aliphatic heterocycles. The molecule has 0 spiro atoms. The van der Waals surface area contributed by atoms with Crippen LogP contribution in [0.2, 0.25) is 0 Å². The first kappa shape index (κ1) is 28.0. The maximum Gasteiger partial charge on any atom is 0.343 e. The minimum Gasteiger partial charge on any atom is -1.00 e. The van der Waals surface area contributed by atoms with Crippen LogP contribution in [0.1, 0.15) is 42.6 Å². The van der Waals surface area contributed by atoms with Gasteiger partial charge in [0.25, 0.3) is 5.82 Å². The maximum atomic E-state index is 13.9. The van der Waals surface area contributed by atoms with Crippen molar-refractivity contribution in [3.05, 3.63) is 90.0 Å². The van der Waals surface area contributed by atoms with Crippen molar-refractivity contribution in [2.24, 2.45) is 5.92 Å². The number of hydrogen-bond acceptors (Lipinski definition) is 3. The van der Waals surface area contributed by atoms with Crippen molar-refractivity contribution >= 4 is 5.97 Å². The third kappa shape index (κ3) is 6.40. The molecular formula is C28H33BrF2N2O3. The molecule has 1 heterocycles. The van der Waals surface area contributed by atoms with E-state index in [-0.39, 0.29) is 36.4 Å². The monoisotopic (exact) mass is 562 g/mol. The van der Waals surface area contributed by atoms with Crippen LogP contribution in [0.3, 0.4) is 0 Å². The normalized spacial score (nSPS) is 18.3. The molecule has 1 N–H and O–H groups in total. The minimum absolute atomic E-state index is 0. The molecule has 0 amide bonds. The molecule has 0 unspecified atom stereocenters. The molecule has 2 atom stereocenters. The number of aryl methyl sites for hydroxylation is 3. The van der Waals surface area contributed by atoms with Gasteiger partial charge in [-0.3, -0.25) is 0 Å². The summed E-state index contributed by atoms with van der Waals surface area (Å²) in [6.45, 7) is 3.65. The molecule has 2 aromatic carbocycles. The van der Waals surface area contributed by atoms with Gasteiger partial charge in [0.1, 0.15) is 12.4 Å². The number of alkyl halides is 2. The molecule has 194 valence electrons. The summed E-state index contributed by atoms with van der Waals surface area (Å²) in [7, 11) is 0. The fraction of sp³-hybridized carbons (Fsp3) is 0.429. The van der Waals surface area contributed by atoms with Gasteiger partial charge in [0.2, 0.25) is 5.92 Å². The molecule has 1 aliphatic rings. The second-order valence-electron chi connectivity index (χ2n) is 9.39. The molecule has 0 bridgehead atoms. The number of carbonyl (C=O) groups excluding carboxylic acids is 1. The third-order valence-electron chi connectivity index (χ3n) is 7.04. The van der Waals surface area contributed by atoms with Gasteiger partial charge in [0, 0.05) is 38.5 Å². The first-order valence-electron chi connectivity index (χ1n) is 12.2. The number of aromatic nitrogens is 2. The second-order valence-corrected chi connectivity index (χ2v) is 9.39. The van der Waals surface area contributed by atoms with E-state index in [9.17, 15) is 18.7 Å². The van der Waals surface area contributed by atoms with Gasteiger partial charge in [-0.2, -0.15) is 0 Å². The highest BCUT2D eigenvalue weighted by Gasteiger charge is 2.54. The van der Waals surface area contributed by atoms with Crippen LogP contribution >= 0.6 is 0 Å². The van der Waals surface area contributed by atoms with Crippen LogP contribution in [0, 0.1) is 12.8 Å². The van der Waals surface area contributed by atoms with E-state index < -0.39 is 29.8 Å². The summed E-state index contributed by atoms with van der Waals surface area (Å²) < 4.78 is 37.6. The Hall–Kier alpha value is -2.58. The van der Waals surface area contributed by atoms with Crippen molar-refractivity contribution in [1.82, 2.24) is 4.57 Å². The summed E-state index contributed by atoms with van der Waals surface area (Å²) in [6, 6.07) is 18.6. The highest BCUT2D eigenvalue weighted by Crippen LogP contribution is 2.47.